The van der Waals surface area contributed by atoms with Gasteiger partial charge in [-0.25, -0.2) is 0 Å². The second-order valence-electron chi connectivity index (χ2n) is 3.52. The Morgan fingerprint density at radius 3 is 2.88 bits per heavy atom. The van der Waals surface area contributed by atoms with E-state index in [1.54, 1.807) is 11.8 Å². The highest BCUT2D eigenvalue weighted by Gasteiger charge is 2.05. The molecular formula is C11H15IN2OS. The van der Waals surface area contributed by atoms with Crippen molar-refractivity contribution in [2.75, 3.05) is 16.8 Å². The average Bonchev–Trinajstić information content (AvgIpc) is 2.21. The molecule has 5 heteroatoms. The molecule has 1 amide bonds. The molecule has 1 rings (SSSR count). The molecule has 0 aliphatic carbocycles. The molecular weight excluding hydrogens is 335 g/mol. The standard InChI is InChI=1S/C11H15IN2OS/c1-8(13)6-16-7-11(15)14-10-5-3-2-4-9(10)12/h2-5,8H,6-7,13H2,1H3,(H,14,15). The van der Waals surface area contributed by atoms with Gasteiger partial charge in [-0.2, -0.15) is 11.8 Å². The first-order valence-corrected chi connectivity index (χ1v) is 7.20. The number of hydrogen-bond acceptors (Lipinski definition) is 3. The molecule has 0 saturated heterocycles. The number of carbonyl (C=O) groups excluding carboxylic acids is 1. The fourth-order valence-electron chi connectivity index (χ4n) is 1.09. The van der Waals surface area contributed by atoms with E-state index < -0.39 is 0 Å². The number of hydrogen-bond donors (Lipinski definition) is 2. The predicted octanol–water partition coefficient (Wildman–Crippen LogP) is 2.31. The third kappa shape index (κ3) is 5.18. The summed E-state index contributed by atoms with van der Waals surface area (Å²) in [5, 5.41) is 2.88. The zero-order chi connectivity index (χ0) is 12.0. The van der Waals surface area contributed by atoms with Gasteiger partial charge in [0, 0.05) is 15.4 Å². The first-order chi connectivity index (χ1) is 7.59. The number of anilines is 1. The third-order valence-electron chi connectivity index (χ3n) is 1.76. The smallest absolute Gasteiger partial charge is 0.234 e. The molecule has 3 nitrogen and oxygen atoms in total. The first-order valence-electron chi connectivity index (χ1n) is 4.97. The van der Waals surface area contributed by atoms with Crippen molar-refractivity contribution < 1.29 is 4.79 Å². The molecule has 1 aromatic carbocycles. The summed E-state index contributed by atoms with van der Waals surface area (Å²) >= 11 is 3.76. The number of carbonyl (C=O) groups is 1. The van der Waals surface area contributed by atoms with Crippen LogP contribution in [0.1, 0.15) is 6.92 Å². The number of thioether (sulfide) groups is 1. The zero-order valence-electron chi connectivity index (χ0n) is 9.07. The van der Waals surface area contributed by atoms with Crippen LogP contribution in [-0.2, 0) is 4.79 Å². The third-order valence-corrected chi connectivity index (χ3v) is 3.93. The minimum atomic E-state index is 0.0229. The molecule has 0 saturated carbocycles. The molecule has 0 aromatic heterocycles. The lowest BCUT2D eigenvalue weighted by molar-refractivity contribution is -0.113. The van der Waals surface area contributed by atoms with Crippen molar-refractivity contribution in [2.24, 2.45) is 5.73 Å². The maximum Gasteiger partial charge on any atom is 0.234 e. The van der Waals surface area contributed by atoms with Crippen LogP contribution in [0.15, 0.2) is 24.3 Å². The van der Waals surface area contributed by atoms with Crippen LogP contribution >= 0.6 is 34.4 Å². The van der Waals surface area contributed by atoms with Gasteiger partial charge in [0.25, 0.3) is 0 Å². The number of nitrogens with two attached hydrogens (primary N) is 1. The second kappa shape index (κ2) is 7.13. The van der Waals surface area contributed by atoms with Crippen LogP contribution in [0.2, 0.25) is 0 Å². The van der Waals surface area contributed by atoms with E-state index in [9.17, 15) is 4.79 Å². The van der Waals surface area contributed by atoms with Crippen LogP contribution < -0.4 is 11.1 Å². The van der Waals surface area contributed by atoms with E-state index in [2.05, 4.69) is 27.9 Å². The molecule has 1 aromatic rings. The van der Waals surface area contributed by atoms with Gasteiger partial charge in [0.2, 0.25) is 5.91 Å². The SMILES string of the molecule is CC(N)CSCC(=O)Nc1ccccc1I. The summed E-state index contributed by atoms with van der Waals surface area (Å²) in [6.45, 7) is 1.94. The molecule has 16 heavy (non-hydrogen) atoms. The Labute approximate surface area is 114 Å². The van der Waals surface area contributed by atoms with E-state index in [0.717, 1.165) is 15.0 Å². The Morgan fingerprint density at radius 2 is 2.25 bits per heavy atom. The Kier molecular flexibility index (Phi) is 6.15. The summed E-state index contributed by atoms with van der Waals surface area (Å²) in [5.74, 6) is 1.28. The van der Waals surface area contributed by atoms with Crippen LogP contribution in [0.5, 0.6) is 0 Å². The van der Waals surface area contributed by atoms with Gasteiger partial charge in [0.05, 0.1) is 11.4 Å². The maximum atomic E-state index is 11.6. The number of halogens is 1. The van der Waals surface area contributed by atoms with Crippen LogP contribution in [0.4, 0.5) is 5.69 Å². The van der Waals surface area contributed by atoms with Gasteiger partial charge >= 0.3 is 0 Å². The summed E-state index contributed by atoms with van der Waals surface area (Å²) in [6, 6.07) is 7.85. The summed E-state index contributed by atoms with van der Waals surface area (Å²) in [6.07, 6.45) is 0. The van der Waals surface area contributed by atoms with E-state index >= 15 is 0 Å². The van der Waals surface area contributed by atoms with Crippen molar-refractivity contribution in [3.05, 3.63) is 27.8 Å². The minimum absolute atomic E-state index is 0.0229. The van der Waals surface area contributed by atoms with E-state index in [0.29, 0.717) is 5.75 Å². The van der Waals surface area contributed by atoms with Gasteiger partial charge < -0.3 is 11.1 Å². The van der Waals surface area contributed by atoms with Gasteiger partial charge in [-0.05, 0) is 41.6 Å². The van der Waals surface area contributed by atoms with Gasteiger partial charge in [0.15, 0.2) is 0 Å². The molecule has 1 unspecified atom stereocenters. The largest absolute Gasteiger partial charge is 0.327 e. The Morgan fingerprint density at radius 1 is 1.56 bits per heavy atom. The Balaban J connectivity index is 2.37. The quantitative estimate of drug-likeness (QED) is 0.802. The zero-order valence-corrected chi connectivity index (χ0v) is 12.0. The Bertz CT molecular complexity index is 358. The summed E-state index contributed by atoms with van der Waals surface area (Å²) in [4.78, 5) is 11.6. The fourth-order valence-corrected chi connectivity index (χ4v) is 2.36. The highest BCUT2D eigenvalue weighted by Crippen LogP contribution is 2.17. The molecule has 0 radical (unpaired) electrons. The van der Waals surface area contributed by atoms with Crippen molar-refractivity contribution in [2.45, 2.75) is 13.0 Å². The van der Waals surface area contributed by atoms with Crippen molar-refractivity contribution >= 4 is 45.9 Å². The number of benzene rings is 1. The summed E-state index contributed by atoms with van der Waals surface area (Å²) in [5.41, 5.74) is 6.47. The van der Waals surface area contributed by atoms with Gasteiger partial charge in [-0.3, -0.25) is 4.79 Å². The van der Waals surface area contributed by atoms with E-state index in [-0.39, 0.29) is 11.9 Å². The average molecular weight is 350 g/mol. The topological polar surface area (TPSA) is 55.1 Å². The Hall–Kier alpha value is -0.270. The highest BCUT2D eigenvalue weighted by atomic mass is 127. The molecule has 0 spiro atoms. The summed E-state index contributed by atoms with van der Waals surface area (Å²) in [7, 11) is 0. The number of para-hydroxylation sites is 1. The molecule has 0 bridgehead atoms. The first kappa shape index (κ1) is 13.8. The van der Waals surface area contributed by atoms with Crippen molar-refractivity contribution in [1.82, 2.24) is 0 Å². The lowest BCUT2D eigenvalue weighted by Crippen LogP contribution is -2.20. The van der Waals surface area contributed by atoms with Gasteiger partial charge in [-0.1, -0.05) is 12.1 Å². The minimum Gasteiger partial charge on any atom is -0.327 e. The van der Waals surface area contributed by atoms with Crippen LogP contribution in [0.25, 0.3) is 0 Å². The van der Waals surface area contributed by atoms with Crippen LogP contribution in [0, 0.1) is 3.57 Å². The lowest BCUT2D eigenvalue weighted by atomic mass is 10.3. The lowest BCUT2D eigenvalue weighted by Gasteiger charge is -2.07. The molecule has 88 valence electrons. The summed E-state index contributed by atoms with van der Waals surface area (Å²) < 4.78 is 1.05. The highest BCUT2D eigenvalue weighted by molar-refractivity contribution is 14.1. The van der Waals surface area contributed by atoms with E-state index in [1.165, 1.54) is 0 Å². The van der Waals surface area contributed by atoms with E-state index in [4.69, 9.17) is 5.73 Å². The number of rotatable bonds is 5. The molecule has 0 aliphatic heterocycles. The van der Waals surface area contributed by atoms with Crippen molar-refractivity contribution in [3.8, 4) is 0 Å². The number of nitrogens with one attached hydrogen (secondary N) is 1. The van der Waals surface area contributed by atoms with Crippen LogP contribution in [-0.4, -0.2) is 23.5 Å². The monoisotopic (exact) mass is 350 g/mol. The molecule has 1 atom stereocenters. The van der Waals surface area contributed by atoms with Gasteiger partial charge in [0.1, 0.15) is 0 Å². The van der Waals surface area contributed by atoms with Crippen molar-refractivity contribution in [1.29, 1.82) is 0 Å². The van der Waals surface area contributed by atoms with Gasteiger partial charge in [-0.15, -0.1) is 0 Å². The number of amides is 1. The second-order valence-corrected chi connectivity index (χ2v) is 5.71. The molecule has 0 heterocycles. The van der Waals surface area contributed by atoms with E-state index in [1.807, 2.05) is 31.2 Å². The normalized spacial score (nSPS) is 12.2. The molecule has 0 aliphatic rings. The fraction of sp³-hybridized carbons (Fsp3) is 0.364. The van der Waals surface area contributed by atoms with Crippen molar-refractivity contribution in [3.63, 3.8) is 0 Å². The molecule has 3 N–H and O–H groups in total. The predicted molar refractivity (Wildman–Crippen MR) is 78.8 cm³/mol. The maximum absolute atomic E-state index is 11.6. The molecule has 0 fully saturated rings. The van der Waals surface area contributed by atoms with Crippen LogP contribution in [0.3, 0.4) is 0 Å².